The monoisotopic (exact) mass is 287 g/mol. The molecule has 0 amide bonds. The van der Waals surface area contributed by atoms with Crippen molar-refractivity contribution < 1.29 is 23.4 Å². The molecule has 7 heteroatoms. The summed E-state index contributed by atoms with van der Waals surface area (Å²) >= 11 is 0. The maximum atomic E-state index is 12.3. The predicted molar refractivity (Wildman–Crippen MR) is 68.5 cm³/mol. The Morgan fingerprint density at radius 3 is 2.32 bits per heavy atom. The Hall–Kier alpha value is -1.15. The van der Waals surface area contributed by atoms with Gasteiger partial charge in [-0.15, -0.1) is 0 Å². The minimum absolute atomic E-state index is 0.0887. The molecule has 1 aliphatic rings. The fourth-order valence-electron chi connectivity index (χ4n) is 2.09. The zero-order valence-corrected chi connectivity index (χ0v) is 11.6. The van der Waals surface area contributed by atoms with E-state index in [0.29, 0.717) is 11.3 Å². The second-order valence-corrected chi connectivity index (χ2v) is 6.53. The van der Waals surface area contributed by atoms with Crippen LogP contribution in [0.2, 0.25) is 0 Å². The molecule has 2 unspecified atom stereocenters. The predicted octanol–water partition coefficient (Wildman–Crippen LogP) is -0.270. The fourth-order valence-corrected chi connectivity index (χ4v) is 3.65. The highest BCUT2D eigenvalue weighted by Gasteiger charge is 2.37. The molecule has 2 rings (SSSR count). The Labute approximate surface area is 112 Å². The van der Waals surface area contributed by atoms with Crippen LogP contribution in [0.4, 0.5) is 0 Å². The molecule has 19 heavy (non-hydrogen) atoms. The summed E-state index contributed by atoms with van der Waals surface area (Å²) in [5.41, 5.74) is 0.712. The van der Waals surface area contributed by atoms with Gasteiger partial charge in [-0.1, -0.05) is 0 Å². The van der Waals surface area contributed by atoms with Gasteiger partial charge < -0.3 is 14.9 Å². The highest BCUT2D eigenvalue weighted by atomic mass is 32.2. The van der Waals surface area contributed by atoms with Crippen molar-refractivity contribution in [2.24, 2.45) is 0 Å². The highest BCUT2D eigenvalue weighted by Crippen LogP contribution is 2.25. The summed E-state index contributed by atoms with van der Waals surface area (Å²) in [4.78, 5) is 0.132. The van der Waals surface area contributed by atoms with Crippen molar-refractivity contribution in [1.82, 2.24) is 4.31 Å². The molecule has 6 nitrogen and oxygen atoms in total. The maximum Gasteiger partial charge on any atom is 0.243 e. The van der Waals surface area contributed by atoms with E-state index in [-0.39, 0.29) is 18.0 Å². The van der Waals surface area contributed by atoms with Crippen LogP contribution in [-0.4, -0.2) is 55.3 Å². The number of rotatable bonds is 3. The van der Waals surface area contributed by atoms with Crippen LogP contribution in [0.15, 0.2) is 23.1 Å². The van der Waals surface area contributed by atoms with E-state index in [1.165, 1.54) is 19.2 Å². The third kappa shape index (κ3) is 2.59. The third-order valence-electron chi connectivity index (χ3n) is 3.23. The summed E-state index contributed by atoms with van der Waals surface area (Å²) in [6, 6.07) is 4.56. The number of aryl methyl sites for hydroxylation is 1. The smallest absolute Gasteiger partial charge is 0.243 e. The largest absolute Gasteiger partial charge is 0.496 e. The van der Waals surface area contributed by atoms with E-state index in [0.717, 1.165) is 4.31 Å². The second kappa shape index (κ2) is 5.09. The molecule has 106 valence electrons. The number of β-amino-alcohol motifs (C(OH)–C–C–N with tert-alkyl or cyclic N) is 2. The normalized spacial score (nSPS) is 24.6. The summed E-state index contributed by atoms with van der Waals surface area (Å²) in [5, 5.41) is 18.9. The highest BCUT2D eigenvalue weighted by molar-refractivity contribution is 7.89. The molecule has 2 atom stereocenters. The van der Waals surface area contributed by atoms with Gasteiger partial charge in [-0.25, -0.2) is 8.42 Å². The lowest BCUT2D eigenvalue weighted by molar-refractivity contribution is 0.0572. The van der Waals surface area contributed by atoms with Crippen LogP contribution in [-0.2, 0) is 10.0 Å². The quantitative estimate of drug-likeness (QED) is 0.799. The van der Waals surface area contributed by atoms with Crippen LogP contribution in [0.1, 0.15) is 5.56 Å². The van der Waals surface area contributed by atoms with Crippen molar-refractivity contribution in [2.75, 3.05) is 20.2 Å². The molecule has 2 N–H and O–H groups in total. The number of benzene rings is 1. The Morgan fingerprint density at radius 1 is 1.26 bits per heavy atom. The van der Waals surface area contributed by atoms with E-state index in [2.05, 4.69) is 0 Å². The molecule has 1 aliphatic heterocycles. The number of aliphatic hydroxyl groups excluding tert-OH is 2. The standard InChI is InChI=1S/C12H17NO5S/c1-8-5-9(3-4-12(8)18-2)19(16,17)13-6-10(14)11(15)7-13/h3-5,10-11,14-15H,6-7H2,1-2H3. The van der Waals surface area contributed by atoms with Gasteiger partial charge in [-0.05, 0) is 30.7 Å². The first-order valence-corrected chi connectivity index (χ1v) is 7.31. The van der Waals surface area contributed by atoms with Gasteiger partial charge in [0.25, 0.3) is 0 Å². The number of nitrogens with zero attached hydrogens (tertiary/aromatic N) is 1. The Kier molecular flexibility index (Phi) is 3.82. The minimum atomic E-state index is -3.69. The molecule has 1 aromatic rings. The average molecular weight is 287 g/mol. The lowest BCUT2D eigenvalue weighted by Crippen LogP contribution is -2.30. The number of hydrogen-bond donors (Lipinski definition) is 2. The third-order valence-corrected chi connectivity index (χ3v) is 5.06. The van der Waals surface area contributed by atoms with Crippen molar-refractivity contribution >= 4 is 10.0 Å². The number of hydrogen-bond acceptors (Lipinski definition) is 5. The van der Waals surface area contributed by atoms with Crippen LogP contribution in [0, 0.1) is 6.92 Å². The van der Waals surface area contributed by atoms with Crippen molar-refractivity contribution in [3.8, 4) is 5.75 Å². The molecule has 0 aromatic heterocycles. The van der Waals surface area contributed by atoms with Gasteiger partial charge in [0.15, 0.2) is 0 Å². The number of aliphatic hydroxyl groups is 2. The number of ether oxygens (including phenoxy) is 1. The topological polar surface area (TPSA) is 87.1 Å². The van der Waals surface area contributed by atoms with Gasteiger partial charge in [0.1, 0.15) is 5.75 Å². The lowest BCUT2D eigenvalue weighted by atomic mass is 10.2. The van der Waals surface area contributed by atoms with E-state index >= 15 is 0 Å². The summed E-state index contributed by atoms with van der Waals surface area (Å²) in [6.45, 7) is 1.58. The first-order valence-electron chi connectivity index (χ1n) is 5.87. The van der Waals surface area contributed by atoms with Crippen molar-refractivity contribution in [3.63, 3.8) is 0 Å². The van der Waals surface area contributed by atoms with Crippen LogP contribution in [0.5, 0.6) is 5.75 Å². The minimum Gasteiger partial charge on any atom is -0.496 e. The van der Waals surface area contributed by atoms with E-state index < -0.39 is 22.2 Å². The van der Waals surface area contributed by atoms with Gasteiger partial charge in [0.05, 0.1) is 24.2 Å². The Morgan fingerprint density at radius 2 is 1.84 bits per heavy atom. The van der Waals surface area contributed by atoms with Gasteiger partial charge in [0, 0.05) is 13.1 Å². The molecule has 1 aromatic carbocycles. The van der Waals surface area contributed by atoms with Gasteiger partial charge >= 0.3 is 0 Å². The zero-order chi connectivity index (χ0) is 14.2. The molecule has 0 aliphatic carbocycles. The molecular formula is C12H17NO5S. The molecule has 0 saturated carbocycles. The molecule has 0 radical (unpaired) electrons. The van der Waals surface area contributed by atoms with Crippen LogP contribution < -0.4 is 4.74 Å². The first kappa shape index (κ1) is 14.3. The summed E-state index contributed by atoms with van der Waals surface area (Å²) in [7, 11) is -2.18. The first-order chi connectivity index (χ1) is 8.86. The summed E-state index contributed by atoms with van der Waals surface area (Å²) in [6.07, 6.45) is -2.07. The summed E-state index contributed by atoms with van der Waals surface area (Å²) < 4.78 is 30.9. The Bertz CT molecular complexity index is 561. The number of methoxy groups -OCH3 is 1. The van der Waals surface area contributed by atoms with Crippen molar-refractivity contribution in [2.45, 2.75) is 24.0 Å². The fraction of sp³-hybridized carbons (Fsp3) is 0.500. The Balaban J connectivity index is 2.33. The maximum absolute atomic E-state index is 12.3. The van der Waals surface area contributed by atoms with Crippen LogP contribution in [0.3, 0.4) is 0 Å². The molecule has 1 saturated heterocycles. The van der Waals surface area contributed by atoms with Crippen molar-refractivity contribution in [1.29, 1.82) is 0 Å². The second-order valence-electron chi connectivity index (χ2n) is 4.59. The van der Waals surface area contributed by atoms with E-state index in [9.17, 15) is 18.6 Å². The van der Waals surface area contributed by atoms with Crippen molar-refractivity contribution in [3.05, 3.63) is 23.8 Å². The lowest BCUT2D eigenvalue weighted by Gasteiger charge is -2.16. The number of sulfonamides is 1. The van der Waals surface area contributed by atoms with E-state index in [1.54, 1.807) is 13.0 Å². The molecule has 1 fully saturated rings. The van der Waals surface area contributed by atoms with Gasteiger partial charge in [-0.2, -0.15) is 4.31 Å². The van der Waals surface area contributed by atoms with E-state index in [1.807, 2.05) is 0 Å². The van der Waals surface area contributed by atoms with Crippen LogP contribution >= 0.6 is 0 Å². The molecule has 0 spiro atoms. The molecule has 1 heterocycles. The average Bonchev–Trinajstić information content (AvgIpc) is 2.70. The molecular weight excluding hydrogens is 270 g/mol. The van der Waals surface area contributed by atoms with Gasteiger partial charge in [-0.3, -0.25) is 0 Å². The summed E-state index contributed by atoms with van der Waals surface area (Å²) in [5.74, 6) is 0.612. The SMILES string of the molecule is COc1ccc(S(=O)(=O)N2CC(O)C(O)C2)cc1C. The van der Waals surface area contributed by atoms with Crippen LogP contribution in [0.25, 0.3) is 0 Å². The molecule has 0 bridgehead atoms. The zero-order valence-electron chi connectivity index (χ0n) is 10.8. The van der Waals surface area contributed by atoms with Gasteiger partial charge in [0.2, 0.25) is 10.0 Å². The van der Waals surface area contributed by atoms with E-state index in [4.69, 9.17) is 4.74 Å².